The fourth-order valence-corrected chi connectivity index (χ4v) is 2.29. The van der Waals surface area contributed by atoms with Gasteiger partial charge in [-0.25, -0.2) is 0 Å². The largest absolute Gasteiger partial charge is 0.343 e. The molecular formula is C13H24N4O. The van der Waals surface area contributed by atoms with Crippen molar-refractivity contribution in [1.29, 1.82) is 0 Å². The summed E-state index contributed by atoms with van der Waals surface area (Å²) in [6, 6.07) is 0. The molecule has 2 heterocycles. The van der Waals surface area contributed by atoms with Crippen molar-refractivity contribution in [2.24, 2.45) is 5.92 Å². The van der Waals surface area contributed by atoms with Crippen LogP contribution in [0.25, 0.3) is 0 Å². The molecule has 0 radical (unpaired) electrons. The molecule has 1 aliphatic rings. The fourth-order valence-electron chi connectivity index (χ4n) is 2.29. The first-order chi connectivity index (χ1) is 8.53. The van der Waals surface area contributed by atoms with E-state index in [2.05, 4.69) is 41.1 Å². The van der Waals surface area contributed by atoms with E-state index in [9.17, 15) is 0 Å². The van der Waals surface area contributed by atoms with Crippen LogP contribution in [0.1, 0.15) is 33.0 Å². The van der Waals surface area contributed by atoms with Gasteiger partial charge in [0.1, 0.15) is 0 Å². The molecule has 0 spiro atoms. The molecule has 0 aliphatic carbocycles. The summed E-state index contributed by atoms with van der Waals surface area (Å²) in [5.41, 5.74) is 0.220. The summed E-state index contributed by atoms with van der Waals surface area (Å²) in [6.07, 6.45) is 3.57. The molecule has 1 atom stereocenters. The molecule has 1 N–H and O–H groups in total. The molecule has 2 rings (SSSR count). The highest BCUT2D eigenvalue weighted by molar-refractivity contribution is 4.84. The zero-order valence-corrected chi connectivity index (χ0v) is 11.6. The normalized spacial score (nSPS) is 21.6. The third kappa shape index (κ3) is 4.38. The SMILES string of the molecule is CC(C)(C)NCC1CCN(CCc2ncon2)C1. The smallest absolute Gasteiger partial charge is 0.213 e. The summed E-state index contributed by atoms with van der Waals surface area (Å²) in [5.74, 6) is 1.58. The Labute approximate surface area is 109 Å². The summed E-state index contributed by atoms with van der Waals surface area (Å²) in [7, 11) is 0. The van der Waals surface area contributed by atoms with E-state index in [1.807, 2.05) is 0 Å². The number of nitrogens with one attached hydrogen (secondary N) is 1. The maximum atomic E-state index is 4.74. The van der Waals surface area contributed by atoms with Gasteiger partial charge in [0.25, 0.3) is 0 Å². The molecule has 0 aromatic carbocycles. The summed E-state index contributed by atoms with van der Waals surface area (Å²) < 4.78 is 4.74. The van der Waals surface area contributed by atoms with Crippen LogP contribution in [0.15, 0.2) is 10.9 Å². The van der Waals surface area contributed by atoms with Crippen molar-refractivity contribution in [2.45, 2.75) is 39.2 Å². The lowest BCUT2D eigenvalue weighted by Crippen LogP contribution is -2.39. The van der Waals surface area contributed by atoms with Gasteiger partial charge in [0.2, 0.25) is 6.39 Å². The molecule has 18 heavy (non-hydrogen) atoms. The average Bonchev–Trinajstić information content (AvgIpc) is 2.94. The van der Waals surface area contributed by atoms with E-state index >= 15 is 0 Å². The van der Waals surface area contributed by atoms with E-state index in [4.69, 9.17) is 4.52 Å². The van der Waals surface area contributed by atoms with Crippen molar-refractivity contribution in [2.75, 3.05) is 26.2 Å². The minimum absolute atomic E-state index is 0.220. The highest BCUT2D eigenvalue weighted by Gasteiger charge is 2.23. The van der Waals surface area contributed by atoms with Gasteiger partial charge < -0.3 is 14.7 Å². The number of hydrogen-bond donors (Lipinski definition) is 1. The van der Waals surface area contributed by atoms with Crippen LogP contribution in [-0.4, -0.2) is 46.8 Å². The standard InChI is InChI=1S/C13H24N4O/c1-13(2,3)15-8-11-4-6-17(9-11)7-5-12-14-10-18-16-12/h10-11,15H,4-9H2,1-3H3. The summed E-state index contributed by atoms with van der Waals surface area (Å²) in [5, 5.41) is 7.43. The first kappa shape index (κ1) is 13.5. The van der Waals surface area contributed by atoms with E-state index < -0.39 is 0 Å². The average molecular weight is 252 g/mol. The minimum atomic E-state index is 0.220. The van der Waals surface area contributed by atoms with Gasteiger partial charge in [-0.2, -0.15) is 4.98 Å². The maximum Gasteiger partial charge on any atom is 0.213 e. The zero-order valence-electron chi connectivity index (χ0n) is 11.6. The molecule has 5 heteroatoms. The minimum Gasteiger partial charge on any atom is -0.343 e. The van der Waals surface area contributed by atoms with Crippen molar-refractivity contribution in [3.63, 3.8) is 0 Å². The Balaban J connectivity index is 1.65. The van der Waals surface area contributed by atoms with E-state index in [0.29, 0.717) is 0 Å². The van der Waals surface area contributed by atoms with Gasteiger partial charge in [0, 0.05) is 25.0 Å². The van der Waals surface area contributed by atoms with Gasteiger partial charge in [0.05, 0.1) is 0 Å². The monoisotopic (exact) mass is 252 g/mol. The number of aromatic nitrogens is 2. The first-order valence-electron chi connectivity index (χ1n) is 6.75. The summed E-state index contributed by atoms with van der Waals surface area (Å²) in [4.78, 5) is 6.54. The Morgan fingerprint density at radius 2 is 2.33 bits per heavy atom. The van der Waals surface area contributed by atoms with Gasteiger partial charge in [0.15, 0.2) is 5.82 Å². The van der Waals surface area contributed by atoms with Crippen LogP contribution in [-0.2, 0) is 6.42 Å². The Morgan fingerprint density at radius 1 is 1.50 bits per heavy atom. The van der Waals surface area contributed by atoms with Gasteiger partial charge in [-0.15, -0.1) is 0 Å². The summed E-state index contributed by atoms with van der Waals surface area (Å²) in [6.45, 7) is 11.2. The van der Waals surface area contributed by atoms with Gasteiger partial charge >= 0.3 is 0 Å². The van der Waals surface area contributed by atoms with Crippen LogP contribution in [0.3, 0.4) is 0 Å². The second-order valence-electron chi connectivity index (χ2n) is 6.18. The van der Waals surface area contributed by atoms with E-state index in [-0.39, 0.29) is 5.54 Å². The third-order valence-electron chi connectivity index (χ3n) is 3.35. The van der Waals surface area contributed by atoms with Crippen LogP contribution < -0.4 is 5.32 Å². The van der Waals surface area contributed by atoms with Crippen molar-refractivity contribution in [3.05, 3.63) is 12.2 Å². The lowest BCUT2D eigenvalue weighted by Gasteiger charge is -2.23. The van der Waals surface area contributed by atoms with Gasteiger partial charge in [-0.1, -0.05) is 5.16 Å². The second kappa shape index (κ2) is 5.80. The van der Waals surface area contributed by atoms with Crippen molar-refractivity contribution < 1.29 is 4.52 Å². The molecular weight excluding hydrogens is 228 g/mol. The lowest BCUT2D eigenvalue weighted by atomic mass is 10.1. The molecule has 5 nitrogen and oxygen atoms in total. The Bertz CT molecular complexity index is 344. The van der Waals surface area contributed by atoms with E-state index in [1.165, 1.54) is 25.9 Å². The lowest BCUT2D eigenvalue weighted by molar-refractivity contribution is 0.310. The molecule has 102 valence electrons. The summed E-state index contributed by atoms with van der Waals surface area (Å²) >= 11 is 0. The number of nitrogens with zero attached hydrogens (tertiary/aromatic N) is 3. The van der Waals surface area contributed by atoms with Crippen LogP contribution in [0.2, 0.25) is 0 Å². The second-order valence-corrected chi connectivity index (χ2v) is 6.18. The molecule has 1 aromatic rings. The predicted molar refractivity (Wildman–Crippen MR) is 70.3 cm³/mol. The van der Waals surface area contributed by atoms with Crippen LogP contribution in [0.4, 0.5) is 0 Å². The number of hydrogen-bond acceptors (Lipinski definition) is 5. The third-order valence-corrected chi connectivity index (χ3v) is 3.35. The van der Waals surface area contributed by atoms with Crippen molar-refractivity contribution in [3.8, 4) is 0 Å². The van der Waals surface area contributed by atoms with Gasteiger partial charge in [-0.05, 0) is 46.2 Å². The Hall–Kier alpha value is -0.940. The highest BCUT2D eigenvalue weighted by Crippen LogP contribution is 2.16. The highest BCUT2D eigenvalue weighted by atomic mass is 16.5. The first-order valence-corrected chi connectivity index (χ1v) is 6.75. The van der Waals surface area contributed by atoms with E-state index in [1.54, 1.807) is 0 Å². The number of likely N-dealkylation sites (tertiary alicyclic amines) is 1. The fraction of sp³-hybridized carbons (Fsp3) is 0.846. The molecule has 1 unspecified atom stereocenters. The van der Waals surface area contributed by atoms with Crippen LogP contribution in [0.5, 0.6) is 0 Å². The quantitative estimate of drug-likeness (QED) is 0.856. The zero-order chi connectivity index (χ0) is 13.0. The molecule has 1 aliphatic heterocycles. The molecule has 1 fully saturated rings. The van der Waals surface area contributed by atoms with Gasteiger partial charge in [-0.3, -0.25) is 0 Å². The van der Waals surface area contributed by atoms with Crippen LogP contribution in [0, 0.1) is 5.92 Å². The van der Waals surface area contributed by atoms with E-state index in [0.717, 1.165) is 31.3 Å². The Morgan fingerprint density at radius 3 is 3.00 bits per heavy atom. The Kier molecular flexibility index (Phi) is 4.35. The molecule has 0 bridgehead atoms. The van der Waals surface area contributed by atoms with Crippen molar-refractivity contribution >= 4 is 0 Å². The van der Waals surface area contributed by atoms with Crippen LogP contribution >= 0.6 is 0 Å². The predicted octanol–water partition coefficient (Wildman–Crippen LogP) is 1.32. The molecule has 0 amide bonds. The topological polar surface area (TPSA) is 54.2 Å². The number of rotatable bonds is 5. The van der Waals surface area contributed by atoms with Crippen molar-refractivity contribution in [1.82, 2.24) is 20.4 Å². The molecule has 1 aromatic heterocycles. The molecule has 0 saturated carbocycles. The maximum absolute atomic E-state index is 4.74. The molecule has 1 saturated heterocycles.